The first-order valence-electron chi connectivity index (χ1n) is 9.12. The number of amides is 1. The third kappa shape index (κ3) is 5.74. The summed E-state index contributed by atoms with van der Waals surface area (Å²) in [5.74, 6) is 0.451. The Morgan fingerprint density at radius 2 is 1.71 bits per heavy atom. The maximum Gasteiger partial charge on any atom is 0.306 e. The van der Waals surface area contributed by atoms with Crippen molar-refractivity contribution in [1.82, 2.24) is 0 Å². The van der Waals surface area contributed by atoms with E-state index in [1.165, 1.54) is 0 Å². The van der Waals surface area contributed by atoms with Crippen molar-refractivity contribution in [1.29, 1.82) is 0 Å². The van der Waals surface area contributed by atoms with E-state index in [4.69, 9.17) is 14.2 Å². The molecule has 0 saturated carbocycles. The quantitative estimate of drug-likeness (QED) is 0.699. The highest BCUT2D eigenvalue weighted by Crippen LogP contribution is 2.28. The molecular weight excluding hydrogens is 358 g/mol. The van der Waals surface area contributed by atoms with E-state index in [2.05, 4.69) is 5.32 Å². The number of anilines is 1. The van der Waals surface area contributed by atoms with Gasteiger partial charge in [-0.3, -0.25) is 9.59 Å². The van der Waals surface area contributed by atoms with Gasteiger partial charge in [0.1, 0.15) is 0 Å². The molecule has 0 unspecified atom stereocenters. The summed E-state index contributed by atoms with van der Waals surface area (Å²) in [5.41, 5.74) is 3.63. The zero-order valence-electron chi connectivity index (χ0n) is 17.0. The van der Waals surface area contributed by atoms with Crippen LogP contribution in [0.3, 0.4) is 0 Å². The zero-order chi connectivity index (χ0) is 20.7. The molecule has 2 aromatic rings. The van der Waals surface area contributed by atoms with Crippen molar-refractivity contribution in [3.05, 3.63) is 53.1 Å². The Labute approximate surface area is 165 Å². The molecule has 1 atom stereocenters. The third-order valence-electron chi connectivity index (χ3n) is 4.39. The Balaban J connectivity index is 1.88. The topological polar surface area (TPSA) is 73.9 Å². The van der Waals surface area contributed by atoms with Gasteiger partial charge in [-0.05, 0) is 62.1 Å². The van der Waals surface area contributed by atoms with Crippen molar-refractivity contribution in [2.75, 3.05) is 19.5 Å². The van der Waals surface area contributed by atoms with Crippen LogP contribution in [0.15, 0.2) is 36.4 Å². The molecule has 0 spiro atoms. The molecule has 0 heterocycles. The third-order valence-corrected chi connectivity index (χ3v) is 4.39. The summed E-state index contributed by atoms with van der Waals surface area (Å²) >= 11 is 0. The number of esters is 1. The lowest BCUT2D eigenvalue weighted by atomic mass is 10.1. The molecule has 0 aromatic heterocycles. The molecule has 150 valence electrons. The number of methoxy groups -OCH3 is 2. The molecule has 0 bridgehead atoms. The molecule has 0 saturated heterocycles. The van der Waals surface area contributed by atoms with Gasteiger partial charge in [0.15, 0.2) is 17.6 Å². The highest BCUT2D eigenvalue weighted by molar-refractivity contribution is 5.95. The maximum atomic E-state index is 12.3. The number of carbonyl (C=O) groups excluding carboxylic acids is 2. The number of benzene rings is 2. The fourth-order valence-corrected chi connectivity index (χ4v) is 2.70. The molecule has 0 aliphatic heterocycles. The molecule has 2 rings (SSSR count). The lowest BCUT2D eigenvalue weighted by molar-refractivity contribution is -0.153. The van der Waals surface area contributed by atoms with Crippen molar-refractivity contribution >= 4 is 17.6 Å². The molecule has 0 fully saturated rings. The normalized spacial score (nSPS) is 11.5. The van der Waals surface area contributed by atoms with E-state index in [-0.39, 0.29) is 12.3 Å². The van der Waals surface area contributed by atoms with Gasteiger partial charge in [0.05, 0.1) is 14.2 Å². The summed E-state index contributed by atoms with van der Waals surface area (Å²) in [7, 11) is 3.13. The molecule has 28 heavy (non-hydrogen) atoms. The van der Waals surface area contributed by atoms with Crippen LogP contribution >= 0.6 is 0 Å². The summed E-state index contributed by atoms with van der Waals surface area (Å²) in [6.07, 6.45) is -0.237. The van der Waals surface area contributed by atoms with E-state index in [9.17, 15) is 9.59 Å². The van der Waals surface area contributed by atoms with Gasteiger partial charge < -0.3 is 19.5 Å². The van der Waals surface area contributed by atoms with Crippen molar-refractivity contribution in [3.8, 4) is 11.5 Å². The molecule has 6 heteroatoms. The van der Waals surface area contributed by atoms with Gasteiger partial charge in [-0.15, -0.1) is 0 Å². The Bertz CT molecular complexity index is 847. The van der Waals surface area contributed by atoms with Crippen LogP contribution in [0.1, 0.15) is 30.0 Å². The van der Waals surface area contributed by atoms with Crippen LogP contribution in [0.5, 0.6) is 11.5 Å². The van der Waals surface area contributed by atoms with E-state index < -0.39 is 12.1 Å². The van der Waals surface area contributed by atoms with Gasteiger partial charge in [-0.25, -0.2) is 0 Å². The molecule has 6 nitrogen and oxygen atoms in total. The smallest absolute Gasteiger partial charge is 0.306 e. The van der Waals surface area contributed by atoms with Gasteiger partial charge in [0.25, 0.3) is 5.91 Å². The molecule has 2 aromatic carbocycles. The number of hydrogen-bond acceptors (Lipinski definition) is 5. The minimum atomic E-state index is -0.877. The Hall–Kier alpha value is -3.02. The Kier molecular flexibility index (Phi) is 7.44. The molecule has 1 N–H and O–H groups in total. The predicted molar refractivity (Wildman–Crippen MR) is 108 cm³/mol. The number of carbonyl (C=O) groups is 2. The predicted octanol–water partition coefficient (Wildman–Crippen LogP) is 3.82. The minimum Gasteiger partial charge on any atom is -0.493 e. The summed E-state index contributed by atoms with van der Waals surface area (Å²) in [6.45, 7) is 5.43. The SMILES string of the molecule is COc1ccc(CCC(=O)O[C@H](C)C(=O)Nc2cc(C)ccc2C)cc1OC. The lowest BCUT2D eigenvalue weighted by Gasteiger charge is -2.15. The standard InChI is InChI=1S/C22H27NO5/c1-14-6-7-15(2)18(12-14)23-22(25)16(3)28-21(24)11-9-17-8-10-19(26-4)20(13-17)27-5/h6-8,10,12-13,16H,9,11H2,1-5H3,(H,23,25)/t16-/m1/s1. The van der Waals surface area contributed by atoms with Gasteiger partial charge >= 0.3 is 5.97 Å². The largest absolute Gasteiger partial charge is 0.493 e. The van der Waals surface area contributed by atoms with Crippen molar-refractivity contribution in [2.45, 2.75) is 39.7 Å². The van der Waals surface area contributed by atoms with Crippen LogP contribution < -0.4 is 14.8 Å². The molecule has 1 amide bonds. The van der Waals surface area contributed by atoms with Gasteiger partial charge in [-0.2, -0.15) is 0 Å². The first kappa shape index (κ1) is 21.3. The van der Waals surface area contributed by atoms with Crippen LogP contribution in [-0.4, -0.2) is 32.2 Å². The van der Waals surface area contributed by atoms with Gasteiger partial charge in [0.2, 0.25) is 0 Å². The molecule has 0 aliphatic carbocycles. The molecule has 0 radical (unpaired) electrons. The number of ether oxygens (including phenoxy) is 3. The highest BCUT2D eigenvalue weighted by Gasteiger charge is 2.18. The number of nitrogens with one attached hydrogen (secondary N) is 1. The van der Waals surface area contributed by atoms with Crippen molar-refractivity contribution in [3.63, 3.8) is 0 Å². The van der Waals surface area contributed by atoms with Crippen LogP contribution in [-0.2, 0) is 20.7 Å². The van der Waals surface area contributed by atoms with Crippen LogP contribution in [0, 0.1) is 13.8 Å². The Morgan fingerprint density at radius 1 is 1.00 bits per heavy atom. The zero-order valence-corrected chi connectivity index (χ0v) is 17.0. The fourth-order valence-electron chi connectivity index (χ4n) is 2.70. The van der Waals surface area contributed by atoms with Crippen LogP contribution in [0.2, 0.25) is 0 Å². The second kappa shape index (κ2) is 9.78. The summed E-state index contributed by atoms with van der Waals surface area (Å²) in [6, 6.07) is 11.3. The number of aryl methyl sites for hydroxylation is 3. The monoisotopic (exact) mass is 385 g/mol. The summed E-state index contributed by atoms with van der Waals surface area (Å²) in [4.78, 5) is 24.4. The fraction of sp³-hybridized carbons (Fsp3) is 0.364. The van der Waals surface area contributed by atoms with Crippen molar-refractivity contribution in [2.24, 2.45) is 0 Å². The summed E-state index contributed by atoms with van der Waals surface area (Å²) < 4.78 is 15.7. The van der Waals surface area contributed by atoms with Crippen LogP contribution in [0.4, 0.5) is 5.69 Å². The minimum absolute atomic E-state index is 0.163. The first-order chi connectivity index (χ1) is 13.3. The van der Waals surface area contributed by atoms with E-state index in [0.29, 0.717) is 17.9 Å². The number of rotatable bonds is 8. The van der Waals surface area contributed by atoms with Gasteiger partial charge in [-0.1, -0.05) is 18.2 Å². The lowest BCUT2D eigenvalue weighted by Crippen LogP contribution is -2.30. The average Bonchev–Trinajstić information content (AvgIpc) is 2.68. The van der Waals surface area contributed by atoms with E-state index in [1.54, 1.807) is 27.2 Å². The molecule has 0 aliphatic rings. The van der Waals surface area contributed by atoms with E-state index in [0.717, 1.165) is 22.4 Å². The average molecular weight is 385 g/mol. The van der Waals surface area contributed by atoms with Gasteiger partial charge in [0, 0.05) is 12.1 Å². The molecular formula is C22H27NO5. The highest BCUT2D eigenvalue weighted by atomic mass is 16.5. The Morgan fingerprint density at radius 3 is 2.39 bits per heavy atom. The maximum absolute atomic E-state index is 12.3. The van der Waals surface area contributed by atoms with E-state index in [1.807, 2.05) is 44.2 Å². The number of hydrogen-bond donors (Lipinski definition) is 1. The van der Waals surface area contributed by atoms with Crippen LogP contribution in [0.25, 0.3) is 0 Å². The van der Waals surface area contributed by atoms with Crippen molar-refractivity contribution < 1.29 is 23.8 Å². The summed E-state index contributed by atoms with van der Waals surface area (Å²) in [5, 5.41) is 2.81. The van der Waals surface area contributed by atoms with E-state index >= 15 is 0 Å². The second-order valence-electron chi connectivity index (χ2n) is 6.63. The second-order valence-corrected chi connectivity index (χ2v) is 6.63. The first-order valence-corrected chi connectivity index (χ1v) is 9.12.